The fourth-order valence-electron chi connectivity index (χ4n) is 2.14. The van der Waals surface area contributed by atoms with Crippen molar-refractivity contribution < 1.29 is 9.47 Å². The minimum absolute atomic E-state index is 0.714. The topological polar surface area (TPSA) is 18.5 Å². The van der Waals surface area contributed by atoms with Gasteiger partial charge in [-0.15, -0.1) is 0 Å². The molecule has 0 fully saturated rings. The first-order valence-corrected chi connectivity index (χ1v) is 7.40. The Morgan fingerprint density at radius 3 is 2.27 bits per heavy atom. The van der Waals surface area contributed by atoms with Crippen molar-refractivity contribution >= 4 is 11.6 Å². The first kappa shape index (κ1) is 15.9. The maximum atomic E-state index is 5.93. The van der Waals surface area contributed by atoms with Crippen LogP contribution in [0.5, 0.6) is 17.2 Å². The van der Waals surface area contributed by atoms with Gasteiger partial charge in [0.05, 0.1) is 7.11 Å². The van der Waals surface area contributed by atoms with Gasteiger partial charge in [-0.1, -0.05) is 36.4 Å². The van der Waals surface area contributed by atoms with E-state index in [9.17, 15) is 0 Å². The molecule has 2 nitrogen and oxygen atoms in total. The molecule has 2 aromatic carbocycles. The van der Waals surface area contributed by atoms with Gasteiger partial charge in [0.1, 0.15) is 5.75 Å². The lowest BCUT2D eigenvalue weighted by Gasteiger charge is -2.11. The number of benzene rings is 2. The SMILES string of the molecule is C/C=C/c1ccc(Oc2ccc(/C(C)=C/C)cc2)c(OC)c1. The zero-order valence-corrected chi connectivity index (χ0v) is 13.6. The highest BCUT2D eigenvalue weighted by molar-refractivity contribution is 5.64. The Morgan fingerprint density at radius 1 is 0.955 bits per heavy atom. The third-order valence-electron chi connectivity index (χ3n) is 3.52. The Balaban J connectivity index is 2.23. The smallest absolute Gasteiger partial charge is 0.169 e. The molecule has 0 aliphatic rings. The summed E-state index contributed by atoms with van der Waals surface area (Å²) in [6.45, 7) is 6.13. The van der Waals surface area contributed by atoms with Gasteiger partial charge in [0.25, 0.3) is 0 Å². The monoisotopic (exact) mass is 294 g/mol. The molecule has 0 spiro atoms. The first-order valence-electron chi connectivity index (χ1n) is 7.40. The molecule has 0 radical (unpaired) electrons. The van der Waals surface area contributed by atoms with Crippen LogP contribution in [0.4, 0.5) is 0 Å². The quantitative estimate of drug-likeness (QED) is 0.679. The second kappa shape index (κ2) is 7.51. The average Bonchev–Trinajstić information content (AvgIpc) is 2.56. The van der Waals surface area contributed by atoms with E-state index >= 15 is 0 Å². The zero-order valence-electron chi connectivity index (χ0n) is 13.6. The molecule has 0 saturated carbocycles. The minimum Gasteiger partial charge on any atom is -0.493 e. The zero-order chi connectivity index (χ0) is 15.9. The van der Waals surface area contributed by atoms with Crippen LogP contribution in [0.2, 0.25) is 0 Å². The second-order valence-corrected chi connectivity index (χ2v) is 5.01. The van der Waals surface area contributed by atoms with Crippen LogP contribution in [0.3, 0.4) is 0 Å². The Labute approximate surface area is 132 Å². The molecule has 22 heavy (non-hydrogen) atoms. The van der Waals surface area contributed by atoms with Crippen molar-refractivity contribution in [3.05, 3.63) is 65.7 Å². The molecule has 0 heterocycles. The van der Waals surface area contributed by atoms with Crippen LogP contribution in [0.15, 0.2) is 54.6 Å². The van der Waals surface area contributed by atoms with Crippen molar-refractivity contribution in [1.29, 1.82) is 0 Å². The van der Waals surface area contributed by atoms with Gasteiger partial charge in [0, 0.05) is 0 Å². The molecule has 2 rings (SSSR count). The largest absolute Gasteiger partial charge is 0.493 e. The summed E-state index contributed by atoms with van der Waals surface area (Å²) in [6, 6.07) is 14.0. The van der Waals surface area contributed by atoms with Crippen LogP contribution in [0, 0.1) is 0 Å². The molecule has 0 atom stereocenters. The Morgan fingerprint density at radius 2 is 1.68 bits per heavy atom. The number of rotatable bonds is 5. The summed E-state index contributed by atoms with van der Waals surface area (Å²) in [7, 11) is 1.65. The van der Waals surface area contributed by atoms with E-state index < -0.39 is 0 Å². The lowest BCUT2D eigenvalue weighted by molar-refractivity contribution is 0.379. The van der Waals surface area contributed by atoms with Gasteiger partial charge in [0.15, 0.2) is 11.5 Å². The van der Waals surface area contributed by atoms with Crippen LogP contribution < -0.4 is 9.47 Å². The summed E-state index contributed by atoms with van der Waals surface area (Å²) in [4.78, 5) is 0. The molecule has 0 aliphatic heterocycles. The maximum absolute atomic E-state index is 5.93. The van der Waals surface area contributed by atoms with Gasteiger partial charge in [-0.05, 0) is 61.7 Å². The van der Waals surface area contributed by atoms with E-state index in [1.165, 1.54) is 11.1 Å². The molecule has 0 N–H and O–H groups in total. The molecule has 0 unspecified atom stereocenters. The van der Waals surface area contributed by atoms with E-state index in [0.29, 0.717) is 5.75 Å². The Kier molecular flexibility index (Phi) is 5.42. The van der Waals surface area contributed by atoms with E-state index in [4.69, 9.17) is 9.47 Å². The lowest BCUT2D eigenvalue weighted by atomic mass is 10.1. The van der Waals surface area contributed by atoms with Gasteiger partial charge in [-0.2, -0.15) is 0 Å². The van der Waals surface area contributed by atoms with Gasteiger partial charge >= 0.3 is 0 Å². The Hall–Kier alpha value is -2.48. The third-order valence-corrected chi connectivity index (χ3v) is 3.52. The molecule has 114 valence electrons. The molecular formula is C20H22O2. The Bertz CT molecular complexity index is 679. The van der Waals surface area contributed by atoms with Crippen LogP contribution in [-0.4, -0.2) is 7.11 Å². The van der Waals surface area contributed by atoms with E-state index in [1.807, 2.05) is 56.3 Å². The summed E-state index contributed by atoms with van der Waals surface area (Å²) in [5.74, 6) is 2.24. The molecule has 0 aromatic heterocycles. The lowest BCUT2D eigenvalue weighted by Crippen LogP contribution is -1.91. The normalized spacial score (nSPS) is 11.7. The van der Waals surface area contributed by atoms with Crippen molar-refractivity contribution in [1.82, 2.24) is 0 Å². The second-order valence-electron chi connectivity index (χ2n) is 5.01. The van der Waals surface area contributed by atoms with E-state index in [0.717, 1.165) is 17.1 Å². The number of methoxy groups -OCH3 is 1. The maximum Gasteiger partial charge on any atom is 0.169 e. The summed E-state index contributed by atoms with van der Waals surface area (Å²) in [6.07, 6.45) is 6.12. The van der Waals surface area contributed by atoms with E-state index in [1.54, 1.807) is 7.11 Å². The summed E-state index contributed by atoms with van der Waals surface area (Å²) in [5.41, 5.74) is 3.54. The van der Waals surface area contributed by atoms with Crippen molar-refractivity contribution in [3.8, 4) is 17.2 Å². The number of hydrogen-bond acceptors (Lipinski definition) is 2. The first-order chi connectivity index (χ1) is 10.7. The highest BCUT2D eigenvalue weighted by Crippen LogP contribution is 2.33. The molecule has 2 heteroatoms. The molecule has 2 aromatic rings. The van der Waals surface area contributed by atoms with Crippen molar-refractivity contribution in [2.45, 2.75) is 20.8 Å². The summed E-state index contributed by atoms with van der Waals surface area (Å²) >= 11 is 0. The van der Waals surface area contributed by atoms with Crippen LogP contribution in [0.1, 0.15) is 31.9 Å². The average molecular weight is 294 g/mol. The van der Waals surface area contributed by atoms with Gasteiger partial charge in [-0.25, -0.2) is 0 Å². The number of hydrogen-bond donors (Lipinski definition) is 0. The molecule has 0 aliphatic carbocycles. The predicted molar refractivity (Wildman–Crippen MR) is 93.5 cm³/mol. The van der Waals surface area contributed by atoms with Crippen molar-refractivity contribution in [2.75, 3.05) is 7.11 Å². The molecular weight excluding hydrogens is 272 g/mol. The highest BCUT2D eigenvalue weighted by Gasteiger charge is 2.06. The molecule has 0 bridgehead atoms. The number of ether oxygens (including phenoxy) is 2. The summed E-state index contributed by atoms with van der Waals surface area (Å²) in [5, 5.41) is 0. The fourth-order valence-corrected chi connectivity index (χ4v) is 2.14. The van der Waals surface area contributed by atoms with E-state index in [2.05, 4.69) is 25.1 Å². The van der Waals surface area contributed by atoms with Crippen LogP contribution in [-0.2, 0) is 0 Å². The number of allylic oxidation sites excluding steroid dienone is 3. The third kappa shape index (κ3) is 3.79. The van der Waals surface area contributed by atoms with E-state index in [-0.39, 0.29) is 0 Å². The molecule has 0 saturated heterocycles. The van der Waals surface area contributed by atoms with Crippen LogP contribution >= 0.6 is 0 Å². The molecule has 0 amide bonds. The van der Waals surface area contributed by atoms with Crippen molar-refractivity contribution in [2.24, 2.45) is 0 Å². The highest BCUT2D eigenvalue weighted by atomic mass is 16.5. The van der Waals surface area contributed by atoms with Crippen molar-refractivity contribution in [3.63, 3.8) is 0 Å². The fraction of sp³-hybridized carbons (Fsp3) is 0.200. The predicted octanol–water partition coefficient (Wildman–Crippen LogP) is 5.94. The minimum atomic E-state index is 0.714. The van der Waals surface area contributed by atoms with Gasteiger partial charge < -0.3 is 9.47 Å². The van der Waals surface area contributed by atoms with Gasteiger partial charge in [-0.3, -0.25) is 0 Å². The standard InChI is InChI=1S/C20H22O2/c1-5-7-16-8-13-19(20(14-16)21-4)22-18-11-9-17(10-12-18)15(3)6-2/h5-14H,1-4H3/b7-5+,15-6+. The van der Waals surface area contributed by atoms with Crippen LogP contribution in [0.25, 0.3) is 11.6 Å². The van der Waals surface area contributed by atoms with Gasteiger partial charge in [0.2, 0.25) is 0 Å². The summed E-state index contributed by atoms with van der Waals surface area (Å²) < 4.78 is 11.3.